The van der Waals surface area contributed by atoms with Gasteiger partial charge < -0.3 is 20.1 Å². The van der Waals surface area contributed by atoms with E-state index in [0.717, 1.165) is 5.75 Å². The van der Waals surface area contributed by atoms with Crippen LogP contribution in [0.2, 0.25) is 0 Å². The minimum Gasteiger partial charge on any atom is -0.497 e. The van der Waals surface area contributed by atoms with Gasteiger partial charge in [-0.05, 0) is 38.1 Å². The molecule has 0 heterocycles. The molecule has 100 valence electrons. The van der Waals surface area contributed by atoms with Gasteiger partial charge in [0.1, 0.15) is 5.75 Å². The monoisotopic (exact) mass is 252 g/mol. The molecule has 0 spiro atoms. The number of urea groups is 1. The molecule has 0 aliphatic rings. The van der Waals surface area contributed by atoms with E-state index in [1.807, 2.05) is 13.8 Å². The first-order chi connectivity index (χ1) is 8.58. The number of benzene rings is 1. The van der Waals surface area contributed by atoms with Crippen LogP contribution in [0.25, 0.3) is 0 Å². The third kappa shape index (κ3) is 3.92. The van der Waals surface area contributed by atoms with Crippen LogP contribution in [0.15, 0.2) is 24.3 Å². The second kappa shape index (κ2) is 6.86. The van der Waals surface area contributed by atoms with Crippen molar-refractivity contribution < 1.29 is 14.6 Å². The molecule has 0 aliphatic heterocycles. The number of methoxy groups -OCH3 is 1. The van der Waals surface area contributed by atoms with Crippen LogP contribution in [-0.2, 0) is 0 Å². The van der Waals surface area contributed by atoms with Crippen molar-refractivity contribution in [3.05, 3.63) is 24.3 Å². The van der Waals surface area contributed by atoms with Crippen LogP contribution in [0, 0.1) is 0 Å². The second-order valence-corrected chi connectivity index (χ2v) is 4.17. The van der Waals surface area contributed by atoms with Gasteiger partial charge in [-0.15, -0.1) is 0 Å². The molecule has 0 atom stereocenters. The van der Waals surface area contributed by atoms with E-state index in [4.69, 9.17) is 9.84 Å². The number of nitrogens with one attached hydrogen (secondary N) is 1. The Hall–Kier alpha value is -1.75. The number of rotatable bonds is 5. The number of amides is 2. The highest BCUT2D eigenvalue weighted by Gasteiger charge is 2.16. The third-order valence-corrected chi connectivity index (χ3v) is 2.57. The Morgan fingerprint density at radius 2 is 2.00 bits per heavy atom. The smallest absolute Gasteiger partial charge is 0.322 e. The standard InChI is InChI=1S/C13H20N2O3/c1-10(2)15(8-9-16)13(17)14-11-4-6-12(18-3)7-5-11/h4-7,10,16H,8-9H2,1-3H3,(H,14,17). The molecule has 0 saturated carbocycles. The van der Waals surface area contributed by atoms with Crippen molar-refractivity contribution in [1.29, 1.82) is 0 Å². The molecular weight excluding hydrogens is 232 g/mol. The molecule has 2 amide bonds. The Kier molecular flexibility index (Phi) is 5.45. The van der Waals surface area contributed by atoms with E-state index in [2.05, 4.69) is 5.32 Å². The quantitative estimate of drug-likeness (QED) is 0.841. The molecule has 1 aromatic carbocycles. The number of carbonyl (C=O) groups is 1. The lowest BCUT2D eigenvalue weighted by Gasteiger charge is -2.26. The summed E-state index contributed by atoms with van der Waals surface area (Å²) in [6, 6.07) is 6.92. The van der Waals surface area contributed by atoms with Crippen molar-refractivity contribution in [2.24, 2.45) is 0 Å². The lowest BCUT2D eigenvalue weighted by atomic mass is 10.3. The molecule has 0 unspecified atom stereocenters. The van der Waals surface area contributed by atoms with Crippen LogP contribution in [0.1, 0.15) is 13.8 Å². The highest BCUT2D eigenvalue weighted by atomic mass is 16.5. The SMILES string of the molecule is COc1ccc(NC(=O)N(CCO)C(C)C)cc1. The van der Waals surface area contributed by atoms with Crippen molar-refractivity contribution >= 4 is 11.7 Å². The Morgan fingerprint density at radius 1 is 1.39 bits per heavy atom. The maximum atomic E-state index is 12.0. The molecule has 1 aromatic rings. The van der Waals surface area contributed by atoms with E-state index in [0.29, 0.717) is 12.2 Å². The zero-order valence-electron chi connectivity index (χ0n) is 11.0. The fourth-order valence-electron chi connectivity index (χ4n) is 1.57. The Labute approximate surface area is 107 Å². The minimum atomic E-state index is -0.218. The summed E-state index contributed by atoms with van der Waals surface area (Å²) in [7, 11) is 1.59. The van der Waals surface area contributed by atoms with E-state index in [1.165, 1.54) is 0 Å². The van der Waals surface area contributed by atoms with Gasteiger partial charge in [-0.2, -0.15) is 0 Å². The average Bonchev–Trinajstić information content (AvgIpc) is 2.36. The molecule has 5 heteroatoms. The maximum absolute atomic E-state index is 12.0. The van der Waals surface area contributed by atoms with Gasteiger partial charge >= 0.3 is 6.03 Å². The Morgan fingerprint density at radius 3 is 2.44 bits per heavy atom. The van der Waals surface area contributed by atoms with Crippen molar-refractivity contribution in [1.82, 2.24) is 4.90 Å². The zero-order valence-corrected chi connectivity index (χ0v) is 11.0. The lowest BCUT2D eigenvalue weighted by molar-refractivity contribution is 0.172. The molecule has 0 bridgehead atoms. The molecule has 1 rings (SSSR count). The van der Waals surface area contributed by atoms with E-state index in [-0.39, 0.29) is 18.7 Å². The van der Waals surface area contributed by atoms with Crippen LogP contribution >= 0.6 is 0 Å². The number of hydrogen-bond acceptors (Lipinski definition) is 3. The largest absolute Gasteiger partial charge is 0.497 e. The van der Waals surface area contributed by atoms with Gasteiger partial charge in [-0.3, -0.25) is 0 Å². The number of carbonyl (C=O) groups excluding carboxylic acids is 1. The lowest BCUT2D eigenvalue weighted by Crippen LogP contribution is -2.41. The molecule has 0 aliphatic carbocycles. The minimum absolute atomic E-state index is 0.0374. The summed E-state index contributed by atoms with van der Waals surface area (Å²) < 4.78 is 5.04. The van der Waals surface area contributed by atoms with Crippen LogP contribution in [0.3, 0.4) is 0 Å². The number of nitrogens with zero attached hydrogens (tertiary/aromatic N) is 1. The molecular formula is C13H20N2O3. The van der Waals surface area contributed by atoms with Crippen LogP contribution in [-0.4, -0.2) is 42.3 Å². The third-order valence-electron chi connectivity index (χ3n) is 2.57. The van der Waals surface area contributed by atoms with Crippen LogP contribution in [0.4, 0.5) is 10.5 Å². The summed E-state index contributed by atoms with van der Waals surface area (Å²) in [5, 5.41) is 11.7. The fraction of sp³-hybridized carbons (Fsp3) is 0.462. The van der Waals surface area contributed by atoms with Gasteiger partial charge in [-0.25, -0.2) is 4.79 Å². The van der Waals surface area contributed by atoms with Gasteiger partial charge in [-0.1, -0.05) is 0 Å². The van der Waals surface area contributed by atoms with E-state index < -0.39 is 0 Å². The average molecular weight is 252 g/mol. The van der Waals surface area contributed by atoms with Crippen molar-refractivity contribution in [3.63, 3.8) is 0 Å². The van der Waals surface area contributed by atoms with Crippen LogP contribution in [0.5, 0.6) is 5.75 Å². The molecule has 0 fully saturated rings. The molecule has 2 N–H and O–H groups in total. The van der Waals surface area contributed by atoms with Gasteiger partial charge in [0.2, 0.25) is 0 Å². The first-order valence-electron chi connectivity index (χ1n) is 5.91. The number of aliphatic hydroxyl groups is 1. The van der Waals surface area contributed by atoms with E-state index in [9.17, 15) is 4.79 Å². The molecule has 0 saturated heterocycles. The molecule has 5 nitrogen and oxygen atoms in total. The van der Waals surface area contributed by atoms with Gasteiger partial charge in [0.05, 0.1) is 13.7 Å². The number of anilines is 1. The zero-order chi connectivity index (χ0) is 13.5. The predicted octanol–water partition coefficient (Wildman–Crippen LogP) is 1.93. The van der Waals surface area contributed by atoms with Gasteiger partial charge in [0, 0.05) is 18.3 Å². The highest BCUT2D eigenvalue weighted by Crippen LogP contribution is 2.15. The first kappa shape index (κ1) is 14.3. The van der Waals surface area contributed by atoms with Gasteiger partial charge in [0.25, 0.3) is 0 Å². The summed E-state index contributed by atoms with van der Waals surface area (Å²) in [5.74, 6) is 0.740. The summed E-state index contributed by atoms with van der Waals surface area (Å²) >= 11 is 0. The maximum Gasteiger partial charge on any atom is 0.322 e. The number of aliphatic hydroxyl groups excluding tert-OH is 1. The fourth-order valence-corrected chi connectivity index (χ4v) is 1.57. The molecule has 0 aromatic heterocycles. The summed E-state index contributed by atoms with van der Waals surface area (Å²) in [6.07, 6.45) is 0. The topological polar surface area (TPSA) is 61.8 Å². The van der Waals surface area contributed by atoms with Crippen LogP contribution < -0.4 is 10.1 Å². The number of ether oxygens (including phenoxy) is 1. The Bertz CT molecular complexity index is 376. The van der Waals surface area contributed by atoms with E-state index in [1.54, 1.807) is 36.3 Å². The van der Waals surface area contributed by atoms with E-state index >= 15 is 0 Å². The number of hydrogen-bond donors (Lipinski definition) is 2. The molecule has 18 heavy (non-hydrogen) atoms. The predicted molar refractivity (Wildman–Crippen MR) is 70.9 cm³/mol. The summed E-state index contributed by atoms with van der Waals surface area (Å²) in [5.41, 5.74) is 0.699. The second-order valence-electron chi connectivity index (χ2n) is 4.17. The van der Waals surface area contributed by atoms with Crippen molar-refractivity contribution in [2.75, 3.05) is 25.6 Å². The normalized spacial score (nSPS) is 10.3. The van der Waals surface area contributed by atoms with Crippen molar-refractivity contribution in [2.45, 2.75) is 19.9 Å². The first-order valence-corrected chi connectivity index (χ1v) is 5.91. The summed E-state index contributed by atoms with van der Waals surface area (Å²) in [6.45, 7) is 4.08. The highest BCUT2D eigenvalue weighted by molar-refractivity contribution is 5.89. The van der Waals surface area contributed by atoms with Gasteiger partial charge in [0.15, 0.2) is 0 Å². The molecule has 0 radical (unpaired) electrons. The summed E-state index contributed by atoms with van der Waals surface area (Å²) in [4.78, 5) is 13.5. The van der Waals surface area contributed by atoms with Crippen molar-refractivity contribution in [3.8, 4) is 5.75 Å². The Balaban J connectivity index is 2.66.